The number of halogens is 2. The Hall–Kier alpha value is -2.99. The van der Waals surface area contributed by atoms with Crippen molar-refractivity contribution in [3.05, 3.63) is 62.5 Å². The zero-order valence-electron chi connectivity index (χ0n) is 19.1. The van der Waals surface area contributed by atoms with E-state index < -0.39 is 34.4 Å². The molecule has 0 bridgehead atoms. The van der Waals surface area contributed by atoms with Crippen LogP contribution in [0.25, 0.3) is 10.6 Å². The van der Waals surface area contributed by atoms with Crippen LogP contribution in [-0.2, 0) is 6.42 Å². The Balaban J connectivity index is 1.52. The number of amides is 1. The van der Waals surface area contributed by atoms with Gasteiger partial charge in [-0.05, 0) is 29.6 Å². The van der Waals surface area contributed by atoms with E-state index in [1.54, 1.807) is 28.4 Å². The minimum absolute atomic E-state index is 0.0714. The van der Waals surface area contributed by atoms with Crippen LogP contribution in [0, 0.1) is 11.6 Å². The smallest absolute Gasteiger partial charge is 0.278 e. The van der Waals surface area contributed by atoms with E-state index in [0.29, 0.717) is 11.6 Å². The molecule has 2 aliphatic rings. The second kappa shape index (κ2) is 8.90. The fourth-order valence-corrected chi connectivity index (χ4v) is 6.29. The largest absolute Gasteiger partial charge is 0.502 e. The summed E-state index contributed by atoms with van der Waals surface area (Å²) in [5, 5.41) is 21.6. The number of fused-ring (bicyclic) bond motifs is 3. The zero-order chi connectivity index (χ0) is 24.9. The average Bonchev–Trinajstić information content (AvgIpc) is 3.27. The summed E-state index contributed by atoms with van der Waals surface area (Å²) in [6.07, 6.45) is 3.15. The van der Waals surface area contributed by atoms with Gasteiger partial charge in [0.25, 0.3) is 5.91 Å². The zero-order valence-corrected chi connectivity index (χ0v) is 20.8. The summed E-state index contributed by atoms with van der Waals surface area (Å²) in [6.45, 7) is 2.75. The molecule has 1 amide bonds. The van der Waals surface area contributed by atoms with Crippen LogP contribution in [-0.4, -0.2) is 61.5 Å². The number of thioether (sulfide) groups is 1. The summed E-state index contributed by atoms with van der Waals surface area (Å²) in [5.74, 6) is -0.553. The SMILES string of the molecule is CCSCC[C@@]12CCN1n1cc(-c3nnc(Cc4ccc(F)cc4F)s3)c(=O)c(O)c1C(=O)N2C. The van der Waals surface area contributed by atoms with Gasteiger partial charge < -0.3 is 10.0 Å². The number of aromatic nitrogens is 3. The number of nitrogens with zero attached hydrogens (tertiary/aromatic N) is 5. The predicted octanol–water partition coefficient (Wildman–Crippen LogP) is 3.21. The highest BCUT2D eigenvalue weighted by atomic mass is 32.2. The molecule has 2 aliphatic heterocycles. The monoisotopic (exact) mass is 519 g/mol. The lowest BCUT2D eigenvalue weighted by atomic mass is 9.89. The molecular formula is C23H23F2N5O3S2. The molecule has 0 aliphatic carbocycles. The third-order valence-electron chi connectivity index (χ3n) is 6.67. The van der Waals surface area contributed by atoms with Gasteiger partial charge in [0, 0.05) is 38.7 Å². The highest BCUT2D eigenvalue weighted by Crippen LogP contribution is 2.42. The normalized spacial score (nSPS) is 18.9. The molecule has 1 aromatic carbocycles. The van der Waals surface area contributed by atoms with Gasteiger partial charge in [-0.2, -0.15) is 11.8 Å². The number of carbonyl (C=O) groups is 1. The molecule has 1 saturated heterocycles. The molecule has 0 spiro atoms. The van der Waals surface area contributed by atoms with Gasteiger partial charge >= 0.3 is 0 Å². The van der Waals surface area contributed by atoms with Crippen molar-refractivity contribution in [1.29, 1.82) is 0 Å². The van der Waals surface area contributed by atoms with Crippen molar-refractivity contribution >= 4 is 29.0 Å². The van der Waals surface area contributed by atoms with Crippen molar-refractivity contribution in [3.63, 3.8) is 0 Å². The highest BCUT2D eigenvalue weighted by molar-refractivity contribution is 7.99. The number of pyridine rings is 1. The van der Waals surface area contributed by atoms with E-state index in [0.717, 1.165) is 41.8 Å². The number of rotatable bonds is 7. The van der Waals surface area contributed by atoms with Crippen LogP contribution in [0.5, 0.6) is 5.75 Å². The molecule has 35 heavy (non-hydrogen) atoms. The Bertz CT molecular complexity index is 1380. The summed E-state index contributed by atoms with van der Waals surface area (Å²) in [7, 11) is 1.71. The van der Waals surface area contributed by atoms with Gasteiger partial charge in [-0.15, -0.1) is 10.2 Å². The fourth-order valence-electron chi connectivity index (χ4n) is 4.66. The average molecular weight is 520 g/mol. The van der Waals surface area contributed by atoms with Gasteiger partial charge in [-0.3, -0.25) is 19.3 Å². The Morgan fingerprint density at radius 2 is 2.06 bits per heavy atom. The van der Waals surface area contributed by atoms with Crippen LogP contribution >= 0.6 is 23.1 Å². The van der Waals surface area contributed by atoms with Crippen molar-refractivity contribution in [2.24, 2.45) is 0 Å². The van der Waals surface area contributed by atoms with E-state index >= 15 is 0 Å². The van der Waals surface area contributed by atoms with E-state index in [1.807, 2.05) is 5.01 Å². The summed E-state index contributed by atoms with van der Waals surface area (Å²) in [6, 6.07) is 3.31. The number of benzene rings is 1. The molecule has 0 saturated carbocycles. The second-order valence-electron chi connectivity index (χ2n) is 8.49. The number of hydrogen-bond acceptors (Lipinski definition) is 8. The molecule has 5 rings (SSSR count). The van der Waals surface area contributed by atoms with E-state index in [1.165, 1.54) is 18.3 Å². The van der Waals surface area contributed by atoms with Gasteiger partial charge in [0.15, 0.2) is 16.5 Å². The fraction of sp³-hybridized carbons (Fsp3) is 0.391. The quantitative estimate of drug-likeness (QED) is 0.480. The van der Waals surface area contributed by atoms with Crippen LogP contribution in [0.2, 0.25) is 0 Å². The standard InChI is InChI=1S/C23H23F2N5O3S2/c1-3-34-9-7-23-6-8-30(23)29-12-15(19(31)20(32)18(29)22(33)28(23)2)21-27-26-17(35-21)10-13-4-5-14(24)11-16(13)25/h4-5,11-12,32H,3,6-10H2,1-2H3/t23-/m1/s1. The molecule has 1 fully saturated rings. The summed E-state index contributed by atoms with van der Waals surface area (Å²) in [4.78, 5) is 27.9. The van der Waals surface area contributed by atoms with Crippen LogP contribution in [0.4, 0.5) is 8.78 Å². The van der Waals surface area contributed by atoms with Crippen molar-refractivity contribution in [3.8, 4) is 16.3 Å². The van der Waals surface area contributed by atoms with Gasteiger partial charge in [0.1, 0.15) is 22.3 Å². The van der Waals surface area contributed by atoms with Gasteiger partial charge in [0.05, 0.1) is 5.56 Å². The lowest BCUT2D eigenvalue weighted by Crippen LogP contribution is -2.76. The molecule has 0 unspecified atom stereocenters. The van der Waals surface area contributed by atoms with Crippen LogP contribution in [0.15, 0.2) is 29.2 Å². The molecule has 3 aromatic rings. The topological polar surface area (TPSA) is 91.6 Å². The first kappa shape index (κ1) is 23.7. The lowest BCUT2D eigenvalue weighted by Gasteiger charge is -2.61. The van der Waals surface area contributed by atoms with Gasteiger partial charge in [0.2, 0.25) is 5.43 Å². The molecule has 0 radical (unpaired) electrons. The summed E-state index contributed by atoms with van der Waals surface area (Å²) >= 11 is 2.87. The second-order valence-corrected chi connectivity index (χ2v) is 10.9. The third kappa shape index (κ3) is 3.79. The molecule has 1 N–H and O–H groups in total. The summed E-state index contributed by atoms with van der Waals surface area (Å²) < 4.78 is 28.8. The first-order chi connectivity index (χ1) is 16.8. The highest BCUT2D eigenvalue weighted by Gasteiger charge is 2.55. The molecule has 12 heteroatoms. The van der Waals surface area contributed by atoms with Crippen LogP contribution in [0.3, 0.4) is 0 Å². The first-order valence-electron chi connectivity index (χ1n) is 11.2. The Morgan fingerprint density at radius 1 is 1.26 bits per heavy atom. The maximum absolute atomic E-state index is 14.1. The third-order valence-corrected chi connectivity index (χ3v) is 8.52. The maximum atomic E-state index is 14.1. The minimum atomic E-state index is -0.719. The van der Waals surface area contributed by atoms with Crippen LogP contribution < -0.4 is 10.4 Å². The predicted molar refractivity (Wildman–Crippen MR) is 131 cm³/mol. The van der Waals surface area contributed by atoms with Crippen molar-refractivity contribution < 1.29 is 18.7 Å². The maximum Gasteiger partial charge on any atom is 0.278 e. The number of carbonyl (C=O) groups excluding carboxylic acids is 1. The van der Waals surface area contributed by atoms with Gasteiger partial charge in [-0.25, -0.2) is 8.78 Å². The number of aromatic hydroxyl groups is 1. The van der Waals surface area contributed by atoms with E-state index in [9.17, 15) is 23.5 Å². The first-order valence-corrected chi connectivity index (χ1v) is 13.1. The Morgan fingerprint density at radius 3 is 2.74 bits per heavy atom. The molecule has 4 heterocycles. The van der Waals surface area contributed by atoms with E-state index in [4.69, 9.17) is 0 Å². The van der Waals surface area contributed by atoms with Crippen LogP contribution in [0.1, 0.15) is 40.8 Å². The van der Waals surface area contributed by atoms with E-state index in [2.05, 4.69) is 17.1 Å². The Labute approximate surface area is 208 Å². The molecular weight excluding hydrogens is 496 g/mol. The van der Waals surface area contributed by atoms with E-state index in [-0.39, 0.29) is 28.2 Å². The molecule has 2 aromatic heterocycles. The van der Waals surface area contributed by atoms with Crippen molar-refractivity contribution in [2.45, 2.75) is 31.8 Å². The van der Waals surface area contributed by atoms with Crippen molar-refractivity contribution in [1.82, 2.24) is 19.8 Å². The summed E-state index contributed by atoms with van der Waals surface area (Å²) in [5.41, 5.74) is -0.947. The Kier molecular flexibility index (Phi) is 6.04. The minimum Gasteiger partial charge on any atom is -0.502 e. The molecule has 184 valence electrons. The number of hydrogen-bond donors (Lipinski definition) is 1. The van der Waals surface area contributed by atoms with Crippen molar-refractivity contribution in [2.75, 3.05) is 30.1 Å². The molecule has 8 nitrogen and oxygen atoms in total. The molecule has 1 atom stereocenters. The van der Waals surface area contributed by atoms with Gasteiger partial charge in [-0.1, -0.05) is 24.3 Å². The lowest BCUT2D eigenvalue weighted by molar-refractivity contribution is 0.00517.